The summed E-state index contributed by atoms with van der Waals surface area (Å²) in [4.78, 5) is 9.09. The molecule has 0 bridgehead atoms. The van der Waals surface area contributed by atoms with Crippen molar-refractivity contribution in [3.8, 4) is 0 Å². The van der Waals surface area contributed by atoms with E-state index in [-0.39, 0.29) is 24.0 Å². The Labute approximate surface area is 163 Å². The fourth-order valence-electron chi connectivity index (χ4n) is 2.93. The van der Waals surface area contributed by atoms with E-state index in [1.165, 1.54) is 0 Å². The topological polar surface area (TPSA) is 61.4 Å². The Bertz CT molecular complexity index is 366. The van der Waals surface area contributed by atoms with Gasteiger partial charge in [0, 0.05) is 59.0 Å². The van der Waals surface area contributed by atoms with Crippen molar-refractivity contribution in [1.82, 2.24) is 20.4 Å². The van der Waals surface area contributed by atoms with E-state index in [1.54, 1.807) is 0 Å². The summed E-state index contributed by atoms with van der Waals surface area (Å²) in [6.45, 7) is 7.50. The van der Waals surface area contributed by atoms with Gasteiger partial charge in [-0.2, -0.15) is 0 Å². The summed E-state index contributed by atoms with van der Waals surface area (Å²) < 4.78 is 11.1. The SMILES string of the molecule is CN=C(NCCCOC1CCOC1)NCC1CN(C)CCN1C.I. The van der Waals surface area contributed by atoms with Crippen molar-refractivity contribution < 1.29 is 9.47 Å². The summed E-state index contributed by atoms with van der Waals surface area (Å²) >= 11 is 0. The average Bonchev–Trinajstić information content (AvgIpc) is 3.06. The van der Waals surface area contributed by atoms with Gasteiger partial charge in [0.1, 0.15) is 0 Å². The summed E-state index contributed by atoms with van der Waals surface area (Å²) in [6, 6.07) is 0.526. The third kappa shape index (κ3) is 7.81. The predicted molar refractivity (Wildman–Crippen MR) is 108 cm³/mol. The maximum absolute atomic E-state index is 5.76. The van der Waals surface area contributed by atoms with E-state index in [1.807, 2.05) is 7.05 Å². The first-order valence-corrected chi connectivity index (χ1v) is 8.71. The molecule has 0 radical (unpaired) electrons. The normalized spacial score (nSPS) is 26.2. The zero-order valence-corrected chi connectivity index (χ0v) is 17.6. The molecule has 2 saturated heterocycles. The number of hydrogen-bond acceptors (Lipinski definition) is 5. The fourth-order valence-corrected chi connectivity index (χ4v) is 2.93. The van der Waals surface area contributed by atoms with Crippen molar-refractivity contribution in [2.45, 2.75) is 25.0 Å². The van der Waals surface area contributed by atoms with Crippen LogP contribution in [0.25, 0.3) is 0 Å². The number of rotatable bonds is 7. The van der Waals surface area contributed by atoms with Crippen LogP contribution in [0.15, 0.2) is 4.99 Å². The zero-order chi connectivity index (χ0) is 16.5. The molecule has 8 heteroatoms. The molecule has 142 valence electrons. The van der Waals surface area contributed by atoms with Gasteiger partial charge in [-0.25, -0.2) is 0 Å². The van der Waals surface area contributed by atoms with Crippen LogP contribution < -0.4 is 10.6 Å². The van der Waals surface area contributed by atoms with Gasteiger partial charge in [0.25, 0.3) is 0 Å². The highest BCUT2D eigenvalue weighted by molar-refractivity contribution is 14.0. The first kappa shape index (κ1) is 21.9. The quantitative estimate of drug-likeness (QED) is 0.248. The molecule has 2 heterocycles. The van der Waals surface area contributed by atoms with Gasteiger partial charge >= 0.3 is 0 Å². The van der Waals surface area contributed by atoms with Gasteiger partial charge in [-0.05, 0) is 26.9 Å². The van der Waals surface area contributed by atoms with Crippen molar-refractivity contribution in [3.05, 3.63) is 0 Å². The van der Waals surface area contributed by atoms with E-state index in [0.717, 1.165) is 71.3 Å². The lowest BCUT2D eigenvalue weighted by molar-refractivity contribution is 0.0420. The number of guanidine groups is 1. The highest BCUT2D eigenvalue weighted by atomic mass is 127. The lowest BCUT2D eigenvalue weighted by Crippen LogP contribution is -2.55. The Hall–Kier alpha value is -0.160. The number of halogens is 1. The molecule has 0 aromatic rings. The van der Waals surface area contributed by atoms with E-state index >= 15 is 0 Å². The molecule has 7 nitrogen and oxygen atoms in total. The summed E-state index contributed by atoms with van der Waals surface area (Å²) in [5, 5.41) is 6.79. The number of piperazine rings is 1. The lowest BCUT2D eigenvalue weighted by Gasteiger charge is -2.37. The third-order valence-electron chi connectivity index (χ3n) is 4.56. The molecule has 2 aliphatic rings. The van der Waals surface area contributed by atoms with Crippen LogP contribution in [0.1, 0.15) is 12.8 Å². The van der Waals surface area contributed by atoms with Gasteiger partial charge in [0.2, 0.25) is 0 Å². The molecule has 0 amide bonds. The second kappa shape index (κ2) is 12.2. The largest absolute Gasteiger partial charge is 0.379 e. The van der Waals surface area contributed by atoms with E-state index in [9.17, 15) is 0 Å². The van der Waals surface area contributed by atoms with Crippen molar-refractivity contribution in [2.75, 3.05) is 73.7 Å². The van der Waals surface area contributed by atoms with E-state index in [2.05, 4.69) is 39.5 Å². The van der Waals surface area contributed by atoms with Gasteiger partial charge in [-0.15, -0.1) is 24.0 Å². The van der Waals surface area contributed by atoms with Crippen LogP contribution in [0.3, 0.4) is 0 Å². The molecule has 0 saturated carbocycles. The van der Waals surface area contributed by atoms with Crippen LogP contribution in [-0.4, -0.2) is 102 Å². The molecule has 2 N–H and O–H groups in total. The van der Waals surface area contributed by atoms with E-state index < -0.39 is 0 Å². The average molecular weight is 455 g/mol. The van der Waals surface area contributed by atoms with Crippen LogP contribution in [0, 0.1) is 0 Å². The molecule has 2 rings (SSSR count). The molecule has 0 aromatic heterocycles. The van der Waals surface area contributed by atoms with Gasteiger partial charge < -0.3 is 25.0 Å². The summed E-state index contributed by atoms with van der Waals surface area (Å²) in [5.74, 6) is 0.871. The second-order valence-corrected chi connectivity index (χ2v) is 6.49. The molecule has 24 heavy (non-hydrogen) atoms. The molecular formula is C16H34IN5O2. The van der Waals surface area contributed by atoms with Crippen LogP contribution in [-0.2, 0) is 9.47 Å². The minimum absolute atomic E-state index is 0. The van der Waals surface area contributed by atoms with Crippen LogP contribution in [0.2, 0.25) is 0 Å². The number of aliphatic imine (C=N–C) groups is 1. The summed E-state index contributed by atoms with van der Waals surface area (Å²) in [7, 11) is 6.19. The fraction of sp³-hybridized carbons (Fsp3) is 0.938. The molecule has 2 atom stereocenters. The Morgan fingerprint density at radius 3 is 2.83 bits per heavy atom. The molecule has 2 aliphatic heterocycles. The summed E-state index contributed by atoms with van der Waals surface area (Å²) in [5.41, 5.74) is 0. The first-order valence-electron chi connectivity index (χ1n) is 8.71. The Kier molecular flexibility index (Phi) is 11.2. The number of ether oxygens (including phenoxy) is 2. The predicted octanol–water partition coefficient (Wildman–Crippen LogP) is 0.211. The van der Waals surface area contributed by atoms with Gasteiger partial charge in [-0.3, -0.25) is 9.89 Å². The van der Waals surface area contributed by atoms with Crippen molar-refractivity contribution in [2.24, 2.45) is 4.99 Å². The minimum atomic E-state index is 0. The van der Waals surface area contributed by atoms with Gasteiger partial charge in [0.05, 0.1) is 12.7 Å². The van der Waals surface area contributed by atoms with Crippen molar-refractivity contribution in [1.29, 1.82) is 0 Å². The maximum atomic E-state index is 5.76. The molecule has 0 spiro atoms. The number of hydrogen-bond donors (Lipinski definition) is 2. The van der Waals surface area contributed by atoms with Crippen LogP contribution in [0.4, 0.5) is 0 Å². The molecule has 2 unspecified atom stereocenters. The smallest absolute Gasteiger partial charge is 0.191 e. The Morgan fingerprint density at radius 1 is 1.29 bits per heavy atom. The number of likely N-dealkylation sites (N-methyl/N-ethyl adjacent to an activating group) is 2. The lowest BCUT2D eigenvalue weighted by atomic mass is 10.2. The minimum Gasteiger partial charge on any atom is -0.379 e. The highest BCUT2D eigenvalue weighted by Gasteiger charge is 2.22. The van der Waals surface area contributed by atoms with Gasteiger partial charge in [0.15, 0.2) is 5.96 Å². The molecule has 2 fully saturated rings. The second-order valence-electron chi connectivity index (χ2n) is 6.49. The van der Waals surface area contributed by atoms with Gasteiger partial charge in [-0.1, -0.05) is 0 Å². The highest BCUT2D eigenvalue weighted by Crippen LogP contribution is 2.08. The standard InChI is InChI=1S/C16H33N5O2.HI/c1-17-16(18-6-4-9-23-15-5-10-22-13-15)19-11-14-12-20(2)7-8-21(14)3;/h14-15H,4-13H2,1-3H3,(H2,17,18,19);1H. The monoisotopic (exact) mass is 455 g/mol. The van der Waals surface area contributed by atoms with Crippen LogP contribution >= 0.6 is 24.0 Å². The summed E-state index contributed by atoms with van der Waals surface area (Å²) in [6.07, 6.45) is 2.30. The van der Waals surface area contributed by atoms with E-state index in [0.29, 0.717) is 12.1 Å². The number of nitrogens with one attached hydrogen (secondary N) is 2. The van der Waals surface area contributed by atoms with Crippen molar-refractivity contribution in [3.63, 3.8) is 0 Å². The van der Waals surface area contributed by atoms with E-state index in [4.69, 9.17) is 9.47 Å². The number of nitrogens with zero attached hydrogens (tertiary/aromatic N) is 3. The van der Waals surface area contributed by atoms with Crippen LogP contribution in [0.5, 0.6) is 0 Å². The zero-order valence-electron chi connectivity index (χ0n) is 15.3. The first-order chi connectivity index (χ1) is 11.2. The third-order valence-corrected chi connectivity index (χ3v) is 4.56. The Balaban J connectivity index is 0.00000288. The Morgan fingerprint density at radius 2 is 2.12 bits per heavy atom. The molecule has 0 aromatic carbocycles. The maximum Gasteiger partial charge on any atom is 0.191 e. The molecule has 0 aliphatic carbocycles. The van der Waals surface area contributed by atoms with Crippen molar-refractivity contribution >= 4 is 29.9 Å². The molecular weight excluding hydrogens is 421 g/mol.